The number of aliphatic hydroxyl groups excluding tert-OH is 2. The summed E-state index contributed by atoms with van der Waals surface area (Å²) in [5, 5.41) is 22.7. The van der Waals surface area contributed by atoms with Crippen LogP contribution in [0.4, 0.5) is 11.4 Å². The quantitative estimate of drug-likeness (QED) is 0.142. The number of amides is 4. The number of carbonyl (C=O) groups excluding carboxylic acids is 4. The fraction of sp³-hybridized carbons (Fsp3) is 0.391. The Morgan fingerprint density at radius 3 is 1.42 bits per heavy atom. The normalized spacial score (nSPS) is 32.7. The number of anilines is 2. The van der Waals surface area contributed by atoms with Crippen LogP contribution >= 0.6 is 45.9 Å². The summed E-state index contributed by atoms with van der Waals surface area (Å²) in [6.07, 6.45) is 2.49. The van der Waals surface area contributed by atoms with Crippen LogP contribution in [0.2, 0.25) is 10.0 Å². The van der Waals surface area contributed by atoms with E-state index in [1.807, 2.05) is 12.1 Å². The minimum Gasteiger partial charge on any atom is -0.478 e. The highest BCUT2D eigenvalue weighted by atomic mass is 35.5. The van der Waals surface area contributed by atoms with Gasteiger partial charge in [0.2, 0.25) is 35.4 Å². The maximum Gasteiger partial charge on any atom is 0.240 e. The van der Waals surface area contributed by atoms with Gasteiger partial charge >= 0.3 is 0 Å². The number of hydrogen-bond acceptors (Lipinski definition) is 16. The molecule has 0 saturated carbocycles. The molecule has 2 N–H and O–H groups in total. The molecule has 12 rings (SSSR count). The van der Waals surface area contributed by atoms with Gasteiger partial charge in [0, 0.05) is 50.2 Å². The van der Waals surface area contributed by atoms with Crippen molar-refractivity contribution in [1.29, 1.82) is 0 Å². The Hall–Kier alpha value is -5.18. The summed E-state index contributed by atoms with van der Waals surface area (Å²) in [4.78, 5) is 73.6. The van der Waals surface area contributed by atoms with Crippen LogP contribution in [0, 0.1) is 23.7 Å². The third-order valence-corrected chi connectivity index (χ3v) is 16.4. The van der Waals surface area contributed by atoms with Crippen LogP contribution in [0.15, 0.2) is 84.1 Å². The van der Waals surface area contributed by atoms with Crippen LogP contribution in [0.5, 0.6) is 11.8 Å². The SMILES string of the molecule is CC12OC(CCOc3ccc(Cl)cn3)(C[C@@H]1O)[C@H]1C(=O)N(c3ccc4ncsc4c3)C(=O)[C@H]12.CC12OC(CCOc3ccc(Cl)cn3)(C[C@H]1O)[C@@H]1C(=O)N(c3ccc4ncsc4c3)C(=O)[C@@H]12. The largest absolute Gasteiger partial charge is 0.478 e. The lowest BCUT2D eigenvalue weighted by molar-refractivity contribution is -0.135. The van der Waals surface area contributed by atoms with Gasteiger partial charge in [0.05, 0.1) is 113 Å². The Morgan fingerprint density at radius 1 is 0.621 bits per heavy atom. The number of benzene rings is 2. The number of hydrogen-bond donors (Lipinski definition) is 2. The van der Waals surface area contributed by atoms with E-state index in [4.69, 9.17) is 42.1 Å². The number of aromatic nitrogens is 4. The van der Waals surface area contributed by atoms with E-state index in [0.717, 1.165) is 20.4 Å². The van der Waals surface area contributed by atoms with Crippen molar-refractivity contribution in [1.82, 2.24) is 19.9 Å². The minimum atomic E-state index is -1.13. The fourth-order valence-electron chi connectivity index (χ4n) is 11.3. The van der Waals surface area contributed by atoms with Crippen LogP contribution in [0.3, 0.4) is 0 Å². The van der Waals surface area contributed by atoms with Crippen LogP contribution in [0.1, 0.15) is 39.5 Å². The summed E-state index contributed by atoms with van der Waals surface area (Å²) in [6, 6.07) is 17.4. The third kappa shape index (κ3) is 6.58. The molecule has 66 heavy (non-hydrogen) atoms. The lowest BCUT2D eigenvalue weighted by Crippen LogP contribution is -2.49. The van der Waals surface area contributed by atoms with E-state index in [1.165, 1.54) is 44.9 Å². The van der Waals surface area contributed by atoms with Crippen molar-refractivity contribution < 1.29 is 48.3 Å². The van der Waals surface area contributed by atoms with Crippen molar-refractivity contribution in [2.75, 3.05) is 23.0 Å². The number of pyridine rings is 2. The first-order chi connectivity index (χ1) is 31.6. The van der Waals surface area contributed by atoms with Gasteiger partial charge in [0.25, 0.3) is 0 Å². The molecule has 6 aliphatic heterocycles. The molecule has 4 aromatic heterocycles. The molecule has 6 aromatic rings. The van der Waals surface area contributed by atoms with E-state index in [9.17, 15) is 29.4 Å². The number of aliphatic hydroxyl groups is 2. The zero-order valence-corrected chi connectivity index (χ0v) is 38.4. The summed E-state index contributed by atoms with van der Waals surface area (Å²) in [7, 11) is 0. The number of imide groups is 2. The van der Waals surface area contributed by atoms with E-state index in [0.29, 0.717) is 46.0 Å². The van der Waals surface area contributed by atoms with Crippen molar-refractivity contribution in [2.45, 2.75) is 74.1 Å². The summed E-state index contributed by atoms with van der Waals surface area (Å²) in [6.45, 7) is 3.89. The number of thiazole rings is 2. The van der Waals surface area contributed by atoms with Crippen molar-refractivity contribution in [3.8, 4) is 11.8 Å². The van der Waals surface area contributed by atoms with Crippen LogP contribution in [-0.2, 0) is 28.7 Å². The van der Waals surface area contributed by atoms with Gasteiger partial charge in [-0.15, -0.1) is 22.7 Å². The highest BCUT2D eigenvalue weighted by Crippen LogP contribution is 2.64. The molecule has 10 atom stereocenters. The van der Waals surface area contributed by atoms with Gasteiger partial charge in [-0.05, 0) is 62.4 Å². The Balaban J connectivity index is 0.000000146. The molecular formula is C46H40Cl2N6O10S2. The third-order valence-electron chi connectivity index (χ3n) is 14.3. The molecule has 0 aliphatic carbocycles. The van der Waals surface area contributed by atoms with Gasteiger partial charge in [0.15, 0.2) is 0 Å². The molecule has 0 radical (unpaired) electrons. The smallest absolute Gasteiger partial charge is 0.240 e. The second-order valence-electron chi connectivity index (χ2n) is 17.9. The summed E-state index contributed by atoms with van der Waals surface area (Å²) in [5.74, 6) is -3.33. The van der Waals surface area contributed by atoms with Crippen molar-refractivity contribution in [2.24, 2.45) is 23.7 Å². The Morgan fingerprint density at radius 2 is 1.03 bits per heavy atom. The molecule has 6 fully saturated rings. The summed E-state index contributed by atoms with van der Waals surface area (Å²) in [5.41, 5.74) is 1.91. The number of fused-ring (bicyclic) bond motifs is 12. The van der Waals surface area contributed by atoms with Gasteiger partial charge in [-0.2, -0.15) is 0 Å². The zero-order valence-electron chi connectivity index (χ0n) is 35.2. The Bertz CT molecular complexity index is 2760. The van der Waals surface area contributed by atoms with E-state index >= 15 is 0 Å². The van der Waals surface area contributed by atoms with Crippen molar-refractivity contribution >= 4 is 101 Å². The van der Waals surface area contributed by atoms with Crippen molar-refractivity contribution in [3.63, 3.8) is 0 Å². The van der Waals surface area contributed by atoms with Crippen LogP contribution < -0.4 is 19.3 Å². The van der Waals surface area contributed by atoms with Gasteiger partial charge in [-0.25, -0.2) is 29.7 Å². The average molecular weight is 972 g/mol. The highest BCUT2D eigenvalue weighted by Gasteiger charge is 2.78. The molecule has 20 heteroatoms. The summed E-state index contributed by atoms with van der Waals surface area (Å²) >= 11 is 14.6. The van der Waals surface area contributed by atoms with Gasteiger partial charge in [0.1, 0.15) is 11.2 Å². The molecule has 10 heterocycles. The van der Waals surface area contributed by atoms with Gasteiger partial charge < -0.3 is 29.2 Å². The van der Waals surface area contributed by atoms with E-state index < -0.39 is 58.3 Å². The molecule has 4 unspecified atom stereocenters. The molecule has 16 nitrogen and oxygen atoms in total. The zero-order chi connectivity index (χ0) is 45.9. The number of nitrogens with zero attached hydrogens (tertiary/aromatic N) is 6. The number of ether oxygens (including phenoxy) is 4. The number of rotatable bonds is 10. The minimum absolute atomic E-state index is 0.217. The lowest BCUT2D eigenvalue weighted by atomic mass is 9.66. The Labute approximate surface area is 394 Å². The number of carbonyl (C=O) groups is 4. The van der Waals surface area contributed by atoms with Gasteiger partial charge in [-0.3, -0.25) is 19.2 Å². The fourth-order valence-corrected chi connectivity index (χ4v) is 12.9. The standard InChI is InChI=1S/2C23H20ClN3O5S/c2*1-22-16(28)9-23(32-22,6-7-31-17-5-2-12(24)10-25-17)19-18(22)20(29)27(21(19)30)13-3-4-14-15(8-13)33-11-26-14/h2*2-5,8,10-11,16,18-19,28H,6-7,9H2,1H3/t2*16-,18-,19+,22?,23?/m10/s1. The molecule has 0 spiro atoms. The van der Waals surface area contributed by atoms with Crippen molar-refractivity contribution in [3.05, 3.63) is 94.1 Å². The first kappa shape index (κ1) is 43.4. The average Bonchev–Trinajstić information content (AvgIpc) is 4.17. The first-order valence-electron chi connectivity index (χ1n) is 21.3. The van der Waals surface area contributed by atoms with E-state index in [1.54, 1.807) is 73.4 Å². The monoisotopic (exact) mass is 970 g/mol. The molecular weight excluding hydrogens is 932 g/mol. The topological polar surface area (TPSA) is 204 Å². The lowest BCUT2D eigenvalue weighted by Gasteiger charge is -2.33. The molecule has 6 saturated heterocycles. The van der Waals surface area contributed by atoms with E-state index in [-0.39, 0.29) is 49.7 Å². The molecule has 2 aromatic carbocycles. The predicted molar refractivity (Wildman–Crippen MR) is 243 cm³/mol. The predicted octanol–water partition coefficient (Wildman–Crippen LogP) is 6.42. The molecule has 340 valence electrons. The van der Waals surface area contributed by atoms with Gasteiger partial charge in [-0.1, -0.05) is 23.2 Å². The molecule has 6 aliphatic rings. The second kappa shape index (κ2) is 15.7. The van der Waals surface area contributed by atoms with Crippen LogP contribution in [-0.4, -0.2) is 102 Å². The molecule has 4 amide bonds. The van der Waals surface area contributed by atoms with Crippen LogP contribution in [0.25, 0.3) is 20.4 Å². The maximum absolute atomic E-state index is 13.7. The second-order valence-corrected chi connectivity index (χ2v) is 20.6. The van der Waals surface area contributed by atoms with E-state index in [2.05, 4.69) is 19.9 Å². The summed E-state index contributed by atoms with van der Waals surface area (Å²) < 4.78 is 25.9. The number of halogens is 2. The highest BCUT2D eigenvalue weighted by molar-refractivity contribution is 7.17. The molecule has 4 bridgehead atoms. The Kier molecular flexibility index (Phi) is 10.3. The first-order valence-corrected chi connectivity index (χ1v) is 23.8. The maximum atomic E-state index is 13.7.